The molecule has 0 saturated carbocycles. The molecule has 1 aliphatic rings. The van der Waals surface area contributed by atoms with E-state index in [2.05, 4.69) is 19.1 Å². The fourth-order valence-electron chi connectivity index (χ4n) is 2.42. The molecule has 1 unspecified atom stereocenters. The molecule has 0 bridgehead atoms. The number of fused-ring (bicyclic) bond motifs is 3. The molecular formula is C15H18N2OS. The molecule has 0 radical (unpaired) electrons. The fraction of sp³-hybridized carbons (Fsp3) is 0.400. The van der Waals surface area contributed by atoms with Gasteiger partial charge in [-0.25, -0.2) is 4.98 Å². The van der Waals surface area contributed by atoms with Gasteiger partial charge in [0, 0.05) is 29.3 Å². The highest BCUT2D eigenvalue weighted by atomic mass is 32.1. The standard InChI is InChI=1S/C15H18N2OS/c1-3-10(16)7-14-17-15-12-8-11(18-2)5-4-9(12)6-13(15)19-14/h4-5,8,10H,3,6-7,16H2,1-2H3. The van der Waals surface area contributed by atoms with Crippen molar-refractivity contribution >= 4 is 11.3 Å². The van der Waals surface area contributed by atoms with Gasteiger partial charge in [0.1, 0.15) is 5.75 Å². The van der Waals surface area contributed by atoms with E-state index in [0.29, 0.717) is 0 Å². The molecule has 0 amide bonds. The molecule has 0 aliphatic heterocycles. The quantitative estimate of drug-likeness (QED) is 0.795. The number of hydrogen-bond acceptors (Lipinski definition) is 4. The summed E-state index contributed by atoms with van der Waals surface area (Å²) in [6.45, 7) is 2.12. The number of benzene rings is 1. The van der Waals surface area contributed by atoms with Crippen LogP contribution in [0.3, 0.4) is 0 Å². The van der Waals surface area contributed by atoms with Crippen LogP contribution in [0.25, 0.3) is 11.3 Å². The van der Waals surface area contributed by atoms with Crippen LogP contribution in [0.2, 0.25) is 0 Å². The van der Waals surface area contributed by atoms with Crippen molar-refractivity contribution in [3.63, 3.8) is 0 Å². The van der Waals surface area contributed by atoms with Crippen LogP contribution in [0.4, 0.5) is 0 Å². The lowest BCUT2D eigenvalue weighted by Crippen LogP contribution is -2.21. The lowest BCUT2D eigenvalue weighted by atomic mass is 10.1. The summed E-state index contributed by atoms with van der Waals surface area (Å²) in [7, 11) is 1.70. The molecule has 19 heavy (non-hydrogen) atoms. The molecular weight excluding hydrogens is 256 g/mol. The van der Waals surface area contributed by atoms with Gasteiger partial charge in [-0.1, -0.05) is 13.0 Å². The Hall–Kier alpha value is -1.39. The second-order valence-corrected chi connectivity index (χ2v) is 6.12. The monoisotopic (exact) mass is 274 g/mol. The highest BCUT2D eigenvalue weighted by molar-refractivity contribution is 7.12. The van der Waals surface area contributed by atoms with Crippen LogP contribution >= 0.6 is 11.3 Å². The molecule has 4 heteroatoms. The van der Waals surface area contributed by atoms with Crippen molar-refractivity contribution in [2.24, 2.45) is 5.73 Å². The number of methoxy groups -OCH3 is 1. The van der Waals surface area contributed by atoms with E-state index in [1.165, 1.54) is 16.0 Å². The molecule has 1 atom stereocenters. The number of aromatic nitrogens is 1. The third-order valence-electron chi connectivity index (χ3n) is 3.63. The second-order valence-electron chi connectivity index (χ2n) is 4.95. The minimum atomic E-state index is 0.219. The fourth-order valence-corrected chi connectivity index (χ4v) is 3.62. The second kappa shape index (κ2) is 4.94. The molecule has 1 aromatic heterocycles. The van der Waals surface area contributed by atoms with Crippen molar-refractivity contribution in [1.29, 1.82) is 0 Å². The van der Waals surface area contributed by atoms with E-state index in [-0.39, 0.29) is 6.04 Å². The van der Waals surface area contributed by atoms with Crippen molar-refractivity contribution in [3.8, 4) is 17.0 Å². The highest BCUT2D eigenvalue weighted by Crippen LogP contribution is 2.41. The van der Waals surface area contributed by atoms with Gasteiger partial charge in [-0.2, -0.15) is 0 Å². The summed E-state index contributed by atoms with van der Waals surface area (Å²) in [5.74, 6) is 0.895. The molecule has 3 rings (SSSR count). The molecule has 2 N–H and O–H groups in total. The van der Waals surface area contributed by atoms with E-state index in [1.807, 2.05) is 6.07 Å². The summed E-state index contributed by atoms with van der Waals surface area (Å²) >= 11 is 1.80. The van der Waals surface area contributed by atoms with E-state index in [1.54, 1.807) is 18.4 Å². The first kappa shape index (κ1) is 12.6. The maximum Gasteiger partial charge on any atom is 0.119 e. The van der Waals surface area contributed by atoms with Gasteiger partial charge in [0.2, 0.25) is 0 Å². The number of nitrogens with two attached hydrogens (primary N) is 1. The maximum atomic E-state index is 6.01. The summed E-state index contributed by atoms with van der Waals surface area (Å²) < 4.78 is 5.30. The Kier molecular flexibility index (Phi) is 3.29. The van der Waals surface area contributed by atoms with Crippen LogP contribution < -0.4 is 10.5 Å². The van der Waals surface area contributed by atoms with Gasteiger partial charge in [-0.05, 0) is 24.1 Å². The Bertz CT molecular complexity index is 606. The predicted molar refractivity (Wildman–Crippen MR) is 78.9 cm³/mol. The molecule has 3 nitrogen and oxygen atoms in total. The lowest BCUT2D eigenvalue weighted by molar-refractivity contribution is 0.415. The Morgan fingerprint density at radius 2 is 2.32 bits per heavy atom. The van der Waals surface area contributed by atoms with Crippen LogP contribution in [-0.2, 0) is 12.8 Å². The van der Waals surface area contributed by atoms with Crippen LogP contribution in [0.15, 0.2) is 18.2 Å². The van der Waals surface area contributed by atoms with E-state index in [0.717, 1.165) is 35.7 Å². The average Bonchev–Trinajstić information content (AvgIpc) is 2.95. The van der Waals surface area contributed by atoms with E-state index < -0.39 is 0 Å². The smallest absolute Gasteiger partial charge is 0.119 e. The van der Waals surface area contributed by atoms with Crippen LogP contribution in [0.5, 0.6) is 5.75 Å². The molecule has 1 aliphatic carbocycles. The first-order chi connectivity index (χ1) is 9.21. The molecule has 2 aromatic rings. The summed E-state index contributed by atoms with van der Waals surface area (Å²) in [6.07, 6.45) is 2.87. The van der Waals surface area contributed by atoms with Crippen molar-refractivity contribution in [2.45, 2.75) is 32.2 Å². The number of rotatable bonds is 4. The Balaban J connectivity index is 1.94. The molecule has 0 saturated heterocycles. The van der Waals surface area contributed by atoms with Crippen molar-refractivity contribution in [3.05, 3.63) is 33.6 Å². The molecule has 0 spiro atoms. The third-order valence-corrected chi connectivity index (χ3v) is 4.70. The van der Waals surface area contributed by atoms with Gasteiger partial charge in [-0.15, -0.1) is 11.3 Å². The number of hydrogen-bond donors (Lipinski definition) is 1. The van der Waals surface area contributed by atoms with Gasteiger partial charge in [0.25, 0.3) is 0 Å². The molecule has 100 valence electrons. The van der Waals surface area contributed by atoms with E-state index in [4.69, 9.17) is 15.5 Å². The van der Waals surface area contributed by atoms with Crippen molar-refractivity contribution < 1.29 is 4.74 Å². The first-order valence-corrected chi connectivity index (χ1v) is 7.44. The number of ether oxygens (including phenoxy) is 1. The summed E-state index contributed by atoms with van der Waals surface area (Å²) in [6, 6.07) is 6.46. The van der Waals surface area contributed by atoms with Crippen LogP contribution in [-0.4, -0.2) is 18.1 Å². The zero-order chi connectivity index (χ0) is 13.4. The molecule has 1 heterocycles. The molecule has 0 fully saturated rings. The van der Waals surface area contributed by atoms with Crippen molar-refractivity contribution in [2.75, 3.05) is 7.11 Å². The normalized spacial score (nSPS) is 14.1. The first-order valence-electron chi connectivity index (χ1n) is 6.62. The topological polar surface area (TPSA) is 48.1 Å². The summed E-state index contributed by atoms with van der Waals surface area (Å²) in [5.41, 5.74) is 9.72. The zero-order valence-corrected chi connectivity index (χ0v) is 12.1. The Morgan fingerprint density at radius 3 is 3.05 bits per heavy atom. The maximum absolute atomic E-state index is 6.01. The van der Waals surface area contributed by atoms with Gasteiger partial charge >= 0.3 is 0 Å². The van der Waals surface area contributed by atoms with Crippen molar-refractivity contribution in [1.82, 2.24) is 4.98 Å². The molecule has 1 aromatic carbocycles. The van der Waals surface area contributed by atoms with Gasteiger partial charge in [0.05, 0.1) is 17.8 Å². The van der Waals surface area contributed by atoms with Crippen LogP contribution in [0, 0.1) is 0 Å². The van der Waals surface area contributed by atoms with Gasteiger partial charge in [0.15, 0.2) is 0 Å². The lowest BCUT2D eigenvalue weighted by Gasteiger charge is -2.06. The number of thiazole rings is 1. The Morgan fingerprint density at radius 1 is 1.47 bits per heavy atom. The Labute approximate surface area is 117 Å². The number of nitrogens with zero attached hydrogens (tertiary/aromatic N) is 1. The zero-order valence-electron chi connectivity index (χ0n) is 11.3. The van der Waals surface area contributed by atoms with Gasteiger partial charge in [-0.3, -0.25) is 0 Å². The highest BCUT2D eigenvalue weighted by Gasteiger charge is 2.24. The summed E-state index contributed by atoms with van der Waals surface area (Å²) in [5, 5.41) is 1.16. The van der Waals surface area contributed by atoms with E-state index in [9.17, 15) is 0 Å². The largest absolute Gasteiger partial charge is 0.497 e. The van der Waals surface area contributed by atoms with Gasteiger partial charge < -0.3 is 10.5 Å². The predicted octanol–water partition coefficient (Wildman–Crippen LogP) is 3.00. The minimum Gasteiger partial charge on any atom is -0.497 e. The SMILES string of the molecule is CCC(N)Cc1nc2c(s1)Cc1ccc(OC)cc1-2. The summed E-state index contributed by atoms with van der Waals surface area (Å²) in [4.78, 5) is 6.14. The van der Waals surface area contributed by atoms with Crippen LogP contribution in [0.1, 0.15) is 28.8 Å². The van der Waals surface area contributed by atoms with E-state index >= 15 is 0 Å². The average molecular weight is 274 g/mol. The third kappa shape index (κ3) is 2.26. The minimum absolute atomic E-state index is 0.219.